The van der Waals surface area contributed by atoms with Crippen LogP contribution >= 0.6 is 0 Å². The maximum Gasteiger partial charge on any atom is 0.0414 e. The number of benzene rings is 1. The van der Waals surface area contributed by atoms with Crippen LogP contribution in [0, 0.1) is 0 Å². The van der Waals surface area contributed by atoms with Gasteiger partial charge in [0.25, 0.3) is 0 Å². The predicted octanol–water partition coefficient (Wildman–Crippen LogP) is 3.55. The lowest BCUT2D eigenvalue weighted by molar-refractivity contribution is 0.593. The van der Waals surface area contributed by atoms with E-state index >= 15 is 0 Å². The highest BCUT2D eigenvalue weighted by Gasteiger charge is 2.14. The molecule has 2 N–H and O–H groups in total. The normalized spacial score (nSPS) is 12.5. The number of unbranched alkanes of at least 4 members (excludes halogenated alkanes) is 1. The third kappa shape index (κ3) is 3.74. The standard InChI is InChI=1S/C15H26N2/c1-4-6-11-17(13(3)5-2)15-10-8-7-9-14(15)12-16/h7-10,13H,4-6,11-12,16H2,1-3H3. The van der Waals surface area contributed by atoms with Crippen molar-refractivity contribution in [2.75, 3.05) is 11.4 Å². The minimum absolute atomic E-state index is 0.578. The van der Waals surface area contributed by atoms with Gasteiger partial charge in [-0.05, 0) is 31.4 Å². The fourth-order valence-corrected chi connectivity index (χ4v) is 2.09. The van der Waals surface area contributed by atoms with Crippen molar-refractivity contribution in [2.45, 2.75) is 52.6 Å². The molecule has 1 unspecified atom stereocenters. The lowest BCUT2D eigenvalue weighted by Crippen LogP contribution is -2.34. The molecule has 0 saturated carbocycles. The van der Waals surface area contributed by atoms with Gasteiger partial charge >= 0.3 is 0 Å². The number of rotatable bonds is 7. The second-order valence-corrected chi connectivity index (χ2v) is 4.64. The fourth-order valence-electron chi connectivity index (χ4n) is 2.09. The zero-order valence-corrected chi connectivity index (χ0v) is 11.4. The molecule has 1 atom stereocenters. The van der Waals surface area contributed by atoms with E-state index in [4.69, 9.17) is 5.73 Å². The largest absolute Gasteiger partial charge is 0.369 e. The van der Waals surface area contributed by atoms with Crippen LogP contribution in [0.4, 0.5) is 5.69 Å². The van der Waals surface area contributed by atoms with E-state index in [0.717, 1.165) is 6.54 Å². The summed E-state index contributed by atoms with van der Waals surface area (Å²) in [7, 11) is 0. The highest BCUT2D eigenvalue weighted by Crippen LogP contribution is 2.23. The Morgan fingerprint density at radius 3 is 2.53 bits per heavy atom. The third-order valence-corrected chi connectivity index (χ3v) is 3.40. The number of nitrogens with two attached hydrogens (primary N) is 1. The van der Waals surface area contributed by atoms with Gasteiger partial charge in [-0.2, -0.15) is 0 Å². The van der Waals surface area contributed by atoms with Crippen LogP contribution in [0.25, 0.3) is 0 Å². The van der Waals surface area contributed by atoms with Crippen LogP contribution in [0.15, 0.2) is 24.3 Å². The van der Waals surface area contributed by atoms with Gasteiger partial charge in [-0.1, -0.05) is 38.5 Å². The van der Waals surface area contributed by atoms with Gasteiger partial charge in [-0.3, -0.25) is 0 Å². The van der Waals surface area contributed by atoms with Crippen molar-refractivity contribution in [1.82, 2.24) is 0 Å². The van der Waals surface area contributed by atoms with Crippen molar-refractivity contribution in [1.29, 1.82) is 0 Å². The smallest absolute Gasteiger partial charge is 0.0414 e. The summed E-state index contributed by atoms with van der Waals surface area (Å²) in [5.74, 6) is 0. The Morgan fingerprint density at radius 1 is 1.24 bits per heavy atom. The predicted molar refractivity (Wildman–Crippen MR) is 76.3 cm³/mol. The summed E-state index contributed by atoms with van der Waals surface area (Å²) in [6.07, 6.45) is 3.64. The summed E-state index contributed by atoms with van der Waals surface area (Å²) in [6, 6.07) is 9.09. The summed E-state index contributed by atoms with van der Waals surface area (Å²) in [5.41, 5.74) is 8.40. The number of nitrogens with zero attached hydrogens (tertiary/aromatic N) is 1. The van der Waals surface area contributed by atoms with Gasteiger partial charge in [0.15, 0.2) is 0 Å². The summed E-state index contributed by atoms with van der Waals surface area (Å²) in [6.45, 7) is 8.53. The van der Waals surface area contributed by atoms with Gasteiger partial charge in [-0.15, -0.1) is 0 Å². The van der Waals surface area contributed by atoms with Crippen molar-refractivity contribution in [2.24, 2.45) is 5.73 Å². The zero-order chi connectivity index (χ0) is 12.7. The molecule has 1 aromatic carbocycles. The second kappa shape index (κ2) is 7.33. The Labute approximate surface area is 106 Å². The molecule has 2 nitrogen and oxygen atoms in total. The van der Waals surface area contributed by atoms with Gasteiger partial charge in [0.05, 0.1) is 0 Å². The molecule has 0 saturated heterocycles. The molecule has 0 heterocycles. The first-order chi connectivity index (χ1) is 8.24. The van der Waals surface area contributed by atoms with Crippen LogP contribution in [-0.4, -0.2) is 12.6 Å². The molecule has 0 spiro atoms. The van der Waals surface area contributed by atoms with Gasteiger partial charge in [0.2, 0.25) is 0 Å². The van der Waals surface area contributed by atoms with Crippen molar-refractivity contribution < 1.29 is 0 Å². The Hall–Kier alpha value is -1.02. The van der Waals surface area contributed by atoms with Crippen LogP contribution < -0.4 is 10.6 Å². The fraction of sp³-hybridized carbons (Fsp3) is 0.600. The van der Waals surface area contributed by atoms with Crippen LogP contribution in [0.1, 0.15) is 45.6 Å². The molecular weight excluding hydrogens is 208 g/mol. The maximum atomic E-state index is 5.83. The first-order valence-corrected chi connectivity index (χ1v) is 6.79. The van der Waals surface area contributed by atoms with Crippen molar-refractivity contribution in [3.05, 3.63) is 29.8 Å². The van der Waals surface area contributed by atoms with Crippen molar-refractivity contribution >= 4 is 5.69 Å². The van der Waals surface area contributed by atoms with Crippen LogP contribution in [0.3, 0.4) is 0 Å². The summed E-state index contributed by atoms with van der Waals surface area (Å²) in [5, 5.41) is 0. The topological polar surface area (TPSA) is 29.3 Å². The highest BCUT2D eigenvalue weighted by atomic mass is 15.2. The van der Waals surface area contributed by atoms with E-state index in [1.807, 2.05) is 0 Å². The van der Waals surface area contributed by atoms with Crippen molar-refractivity contribution in [3.63, 3.8) is 0 Å². The van der Waals surface area contributed by atoms with Crippen LogP contribution in [-0.2, 0) is 6.54 Å². The minimum Gasteiger partial charge on any atom is -0.369 e. The monoisotopic (exact) mass is 234 g/mol. The molecule has 0 aliphatic carbocycles. The molecule has 0 aliphatic rings. The molecule has 0 aliphatic heterocycles. The Kier molecular flexibility index (Phi) is 6.06. The molecule has 0 radical (unpaired) electrons. The molecule has 17 heavy (non-hydrogen) atoms. The molecule has 1 aromatic rings. The van der Waals surface area contributed by atoms with E-state index in [9.17, 15) is 0 Å². The molecular formula is C15H26N2. The molecule has 2 heteroatoms. The first kappa shape index (κ1) is 14.0. The van der Waals surface area contributed by atoms with E-state index in [-0.39, 0.29) is 0 Å². The molecule has 0 fully saturated rings. The summed E-state index contributed by atoms with van der Waals surface area (Å²) < 4.78 is 0. The molecule has 1 rings (SSSR count). The highest BCUT2D eigenvalue weighted by molar-refractivity contribution is 5.54. The Balaban J connectivity index is 2.94. The van der Waals surface area contributed by atoms with Crippen LogP contribution in [0.5, 0.6) is 0 Å². The van der Waals surface area contributed by atoms with Gasteiger partial charge in [0, 0.05) is 24.8 Å². The quantitative estimate of drug-likeness (QED) is 0.781. The zero-order valence-electron chi connectivity index (χ0n) is 11.4. The van der Waals surface area contributed by atoms with E-state index < -0.39 is 0 Å². The van der Waals surface area contributed by atoms with Gasteiger partial charge < -0.3 is 10.6 Å². The summed E-state index contributed by atoms with van der Waals surface area (Å²) in [4.78, 5) is 2.51. The van der Waals surface area contributed by atoms with Crippen LogP contribution in [0.2, 0.25) is 0 Å². The average molecular weight is 234 g/mol. The Bertz CT molecular complexity index is 322. The lowest BCUT2D eigenvalue weighted by atomic mass is 10.1. The Morgan fingerprint density at radius 2 is 1.94 bits per heavy atom. The summed E-state index contributed by atoms with van der Waals surface area (Å²) >= 11 is 0. The SMILES string of the molecule is CCCCN(c1ccccc1CN)C(C)CC. The molecule has 96 valence electrons. The minimum atomic E-state index is 0.578. The van der Waals surface area contributed by atoms with E-state index in [0.29, 0.717) is 12.6 Å². The average Bonchev–Trinajstić information content (AvgIpc) is 2.39. The second-order valence-electron chi connectivity index (χ2n) is 4.64. The molecule has 0 bridgehead atoms. The molecule has 0 amide bonds. The number of hydrogen-bond acceptors (Lipinski definition) is 2. The first-order valence-electron chi connectivity index (χ1n) is 6.79. The van der Waals surface area contributed by atoms with E-state index in [1.54, 1.807) is 0 Å². The lowest BCUT2D eigenvalue weighted by Gasteiger charge is -2.32. The van der Waals surface area contributed by atoms with Crippen molar-refractivity contribution in [3.8, 4) is 0 Å². The van der Waals surface area contributed by atoms with Gasteiger partial charge in [0.1, 0.15) is 0 Å². The van der Waals surface area contributed by atoms with E-state index in [1.165, 1.54) is 30.5 Å². The van der Waals surface area contributed by atoms with E-state index in [2.05, 4.69) is 49.9 Å². The number of para-hydroxylation sites is 1. The number of anilines is 1. The molecule has 0 aromatic heterocycles. The van der Waals surface area contributed by atoms with Gasteiger partial charge in [-0.25, -0.2) is 0 Å². The maximum absolute atomic E-state index is 5.83. The number of hydrogen-bond donors (Lipinski definition) is 1. The third-order valence-electron chi connectivity index (χ3n) is 3.40.